The van der Waals surface area contributed by atoms with E-state index in [1.807, 2.05) is 0 Å². The Kier molecular flexibility index (Phi) is 3.85. The first-order chi connectivity index (χ1) is 12.7. The number of aliphatic hydroxyl groups is 1. The van der Waals surface area contributed by atoms with Gasteiger partial charge in [-0.2, -0.15) is 0 Å². The van der Waals surface area contributed by atoms with Crippen molar-refractivity contribution in [3.8, 4) is 0 Å². The van der Waals surface area contributed by atoms with Gasteiger partial charge in [-0.25, -0.2) is 0 Å². The standard InChI is InChI=1S/C22H27NO3/c1-26-22(25)20-16-11-17-13(10-12(16)7-9-19(20)24)6-8-15-14-4-2-3-5-18(14)23-21(15)17/h2-5,12-13,16-17,19-20,23-24H,6-11H2,1H3/t12-,13-,16+,17-,19-,20+/m0/s1. The van der Waals surface area contributed by atoms with Crippen molar-refractivity contribution in [2.45, 2.75) is 50.5 Å². The summed E-state index contributed by atoms with van der Waals surface area (Å²) in [5.74, 6) is 1.39. The summed E-state index contributed by atoms with van der Waals surface area (Å²) >= 11 is 0. The molecule has 4 nitrogen and oxygen atoms in total. The van der Waals surface area contributed by atoms with Crippen molar-refractivity contribution < 1.29 is 14.6 Å². The fourth-order valence-electron chi connectivity index (χ4n) is 6.30. The fraction of sp³-hybridized carbons (Fsp3) is 0.591. The highest BCUT2D eigenvalue weighted by Crippen LogP contribution is 2.55. The Morgan fingerprint density at radius 1 is 1.15 bits per heavy atom. The van der Waals surface area contributed by atoms with Crippen molar-refractivity contribution in [1.82, 2.24) is 4.98 Å². The number of methoxy groups -OCH3 is 1. The molecule has 138 valence electrons. The van der Waals surface area contributed by atoms with Gasteiger partial charge in [0.15, 0.2) is 0 Å². The second-order valence-corrected chi connectivity index (χ2v) is 8.56. The van der Waals surface area contributed by atoms with Gasteiger partial charge < -0.3 is 14.8 Å². The maximum atomic E-state index is 12.4. The number of para-hydroxylation sites is 1. The summed E-state index contributed by atoms with van der Waals surface area (Å²) in [6.07, 6.45) is 5.80. The molecule has 0 unspecified atom stereocenters. The van der Waals surface area contributed by atoms with Crippen molar-refractivity contribution in [3.63, 3.8) is 0 Å². The lowest BCUT2D eigenvalue weighted by Gasteiger charge is -2.49. The largest absolute Gasteiger partial charge is 0.469 e. The number of rotatable bonds is 1. The minimum atomic E-state index is -0.550. The minimum absolute atomic E-state index is 0.224. The van der Waals surface area contributed by atoms with Gasteiger partial charge in [-0.15, -0.1) is 0 Å². The Bertz CT molecular complexity index is 841. The lowest BCUT2D eigenvalue weighted by atomic mass is 9.56. The second kappa shape index (κ2) is 6.12. The Hall–Kier alpha value is -1.81. The average Bonchev–Trinajstić information content (AvgIpc) is 3.05. The summed E-state index contributed by atoms with van der Waals surface area (Å²) in [6, 6.07) is 8.59. The first-order valence-electron chi connectivity index (χ1n) is 10.0. The molecule has 2 N–H and O–H groups in total. The molecule has 3 aliphatic carbocycles. The van der Waals surface area contributed by atoms with E-state index >= 15 is 0 Å². The van der Waals surface area contributed by atoms with Crippen LogP contribution in [0.15, 0.2) is 24.3 Å². The molecule has 0 amide bonds. The van der Waals surface area contributed by atoms with Crippen LogP contribution in [0.4, 0.5) is 0 Å². The predicted molar refractivity (Wildman–Crippen MR) is 99.8 cm³/mol. The van der Waals surface area contributed by atoms with E-state index in [1.54, 1.807) is 0 Å². The van der Waals surface area contributed by atoms with Crippen LogP contribution in [0.2, 0.25) is 0 Å². The number of ether oxygens (including phenoxy) is 1. The summed E-state index contributed by atoms with van der Waals surface area (Å²) < 4.78 is 5.06. The van der Waals surface area contributed by atoms with Crippen LogP contribution < -0.4 is 0 Å². The molecule has 2 aromatic rings. The van der Waals surface area contributed by atoms with Gasteiger partial charge in [-0.1, -0.05) is 18.2 Å². The lowest BCUT2D eigenvalue weighted by Crippen LogP contribution is -2.47. The second-order valence-electron chi connectivity index (χ2n) is 8.56. The highest BCUT2D eigenvalue weighted by molar-refractivity contribution is 5.85. The van der Waals surface area contributed by atoms with Crippen LogP contribution in [0, 0.1) is 23.7 Å². The van der Waals surface area contributed by atoms with Crippen molar-refractivity contribution in [1.29, 1.82) is 0 Å². The van der Waals surface area contributed by atoms with E-state index in [9.17, 15) is 9.90 Å². The lowest BCUT2D eigenvalue weighted by molar-refractivity contribution is -0.158. The Labute approximate surface area is 153 Å². The molecule has 0 bridgehead atoms. The fourth-order valence-corrected chi connectivity index (χ4v) is 6.30. The highest BCUT2D eigenvalue weighted by atomic mass is 16.5. The molecule has 6 atom stereocenters. The van der Waals surface area contributed by atoms with Crippen molar-refractivity contribution >= 4 is 16.9 Å². The molecular weight excluding hydrogens is 326 g/mol. The van der Waals surface area contributed by atoms with E-state index < -0.39 is 6.10 Å². The smallest absolute Gasteiger partial charge is 0.311 e. The maximum Gasteiger partial charge on any atom is 0.311 e. The van der Waals surface area contributed by atoms with Crippen molar-refractivity contribution in [3.05, 3.63) is 35.5 Å². The van der Waals surface area contributed by atoms with Crippen LogP contribution in [0.5, 0.6) is 0 Å². The zero-order chi connectivity index (χ0) is 17.8. The van der Waals surface area contributed by atoms with Crippen molar-refractivity contribution in [2.24, 2.45) is 23.7 Å². The number of aromatic nitrogens is 1. The zero-order valence-corrected chi connectivity index (χ0v) is 15.3. The van der Waals surface area contributed by atoms with E-state index in [2.05, 4.69) is 29.2 Å². The molecule has 26 heavy (non-hydrogen) atoms. The summed E-state index contributed by atoms with van der Waals surface area (Å²) in [5, 5.41) is 11.9. The molecule has 0 spiro atoms. The van der Waals surface area contributed by atoms with Gasteiger partial charge in [-0.05, 0) is 67.9 Å². The first-order valence-corrected chi connectivity index (χ1v) is 10.0. The van der Waals surface area contributed by atoms with E-state index in [0.717, 1.165) is 25.7 Å². The van der Waals surface area contributed by atoms with Crippen LogP contribution in [-0.2, 0) is 16.0 Å². The van der Waals surface area contributed by atoms with Gasteiger partial charge in [0.25, 0.3) is 0 Å². The number of carbonyl (C=O) groups is 1. The Morgan fingerprint density at radius 2 is 2.00 bits per heavy atom. The summed E-state index contributed by atoms with van der Waals surface area (Å²) in [7, 11) is 1.45. The van der Waals surface area contributed by atoms with E-state index in [1.165, 1.54) is 42.1 Å². The monoisotopic (exact) mass is 353 g/mol. The normalized spacial score (nSPS) is 36.1. The number of hydrogen-bond acceptors (Lipinski definition) is 3. The summed E-state index contributed by atoms with van der Waals surface area (Å²) in [4.78, 5) is 16.1. The molecule has 4 heteroatoms. The highest BCUT2D eigenvalue weighted by Gasteiger charge is 2.50. The van der Waals surface area contributed by atoms with Gasteiger partial charge in [0.05, 0.1) is 19.1 Å². The molecule has 1 aromatic heterocycles. The Morgan fingerprint density at radius 3 is 2.85 bits per heavy atom. The third-order valence-electron chi connectivity index (χ3n) is 7.47. The molecule has 0 saturated heterocycles. The first kappa shape index (κ1) is 16.4. The number of H-pyrrole nitrogens is 1. The molecule has 2 fully saturated rings. The third-order valence-corrected chi connectivity index (χ3v) is 7.47. The van der Waals surface area contributed by atoms with Gasteiger partial charge in [-0.3, -0.25) is 4.79 Å². The van der Waals surface area contributed by atoms with Gasteiger partial charge in [0.1, 0.15) is 0 Å². The average molecular weight is 353 g/mol. The molecule has 1 aromatic carbocycles. The molecule has 3 aliphatic rings. The minimum Gasteiger partial charge on any atom is -0.469 e. The van der Waals surface area contributed by atoms with Crippen LogP contribution in [0.25, 0.3) is 10.9 Å². The maximum absolute atomic E-state index is 12.4. The van der Waals surface area contributed by atoms with Crippen LogP contribution in [0.3, 0.4) is 0 Å². The molecule has 2 saturated carbocycles. The summed E-state index contributed by atoms with van der Waals surface area (Å²) in [5.41, 5.74) is 4.10. The summed E-state index contributed by atoms with van der Waals surface area (Å²) in [6.45, 7) is 0. The molecule has 1 heterocycles. The zero-order valence-electron chi connectivity index (χ0n) is 15.3. The number of carbonyl (C=O) groups excluding carboxylic acids is 1. The quantitative estimate of drug-likeness (QED) is 0.767. The van der Waals surface area contributed by atoms with E-state index in [-0.39, 0.29) is 17.8 Å². The number of aryl methyl sites for hydroxylation is 1. The van der Waals surface area contributed by atoms with Gasteiger partial charge in [0, 0.05) is 22.5 Å². The molecule has 0 radical (unpaired) electrons. The number of fused-ring (bicyclic) bond motifs is 6. The number of benzene rings is 1. The third kappa shape index (κ3) is 2.34. The van der Waals surface area contributed by atoms with Crippen LogP contribution in [-0.4, -0.2) is 29.3 Å². The van der Waals surface area contributed by atoms with E-state index in [4.69, 9.17) is 4.74 Å². The van der Waals surface area contributed by atoms with Crippen LogP contribution >= 0.6 is 0 Å². The SMILES string of the molecule is COC(=O)[C@@H]1[C@@H]2C[C@@H]3c4[nH]c5ccccc5c4CC[C@H]3C[C@@H]2CC[C@@H]1O. The topological polar surface area (TPSA) is 62.3 Å². The van der Waals surface area contributed by atoms with Gasteiger partial charge >= 0.3 is 5.97 Å². The molecular formula is C22H27NO3. The Balaban J connectivity index is 1.52. The number of nitrogens with one attached hydrogen (secondary N) is 1. The number of aromatic amines is 1. The number of aliphatic hydroxyl groups excluding tert-OH is 1. The molecule has 5 rings (SSSR count). The molecule has 0 aliphatic heterocycles. The number of esters is 1. The van der Waals surface area contributed by atoms with E-state index in [0.29, 0.717) is 17.8 Å². The van der Waals surface area contributed by atoms with Gasteiger partial charge in [0.2, 0.25) is 0 Å². The van der Waals surface area contributed by atoms with Crippen molar-refractivity contribution in [2.75, 3.05) is 7.11 Å². The van der Waals surface area contributed by atoms with Crippen LogP contribution in [0.1, 0.15) is 49.3 Å². The predicted octanol–water partition coefficient (Wildman–Crippen LogP) is 3.78. The number of hydrogen-bond donors (Lipinski definition) is 2.